The van der Waals surface area contributed by atoms with Crippen molar-refractivity contribution in [2.24, 2.45) is 0 Å². The van der Waals surface area contributed by atoms with E-state index in [2.05, 4.69) is 133 Å². The molecule has 0 amide bonds. The molecule has 5 heteroatoms. The third-order valence-electron chi connectivity index (χ3n) is 11.8. The van der Waals surface area contributed by atoms with Crippen LogP contribution < -0.4 is 0 Å². The van der Waals surface area contributed by atoms with Crippen molar-refractivity contribution in [3.05, 3.63) is 216 Å². The first-order valence-corrected chi connectivity index (χ1v) is 20.4. The quantitative estimate of drug-likeness (QED) is 0.179. The number of nitrogens with zero attached hydrogens (tertiary/aromatic N) is 4. The van der Waals surface area contributed by atoms with Gasteiger partial charge in [-0.15, -0.1) is 11.3 Å². The Hall–Kier alpha value is -7.34. The molecule has 0 bridgehead atoms. The molecule has 7 aromatic carbocycles. The maximum atomic E-state index is 5.28. The lowest BCUT2D eigenvalue weighted by molar-refractivity contribution is 0.767. The monoisotopic (exact) mass is 756 g/mol. The van der Waals surface area contributed by atoms with Crippen molar-refractivity contribution in [3.63, 3.8) is 0 Å². The van der Waals surface area contributed by atoms with Crippen LogP contribution in [0.1, 0.15) is 33.4 Å². The van der Waals surface area contributed by atoms with Crippen molar-refractivity contribution in [1.29, 1.82) is 0 Å². The summed E-state index contributed by atoms with van der Waals surface area (Å²) in [7, 11) is 0. The van der Waals surface area contributed by atoms with Crippen LogP contribution >= 0.6 is 11.3 Å². The molecule has 270 valence electrons. The van der Waals surface area contributed by atoms with Crippen LogP contribution in [0.5, 0.6) is 0 Å². The lowest BCUT2D eigenvalue weighted by atomic mass is 9.65. The van der Waals surface area contributed by atoms with E-state index in [0.717, 1.165) is 33.6 Å². The molecule has 1 spiro atoms. The molecule has 2 aliphatic rings. The molecule has 0 saturated carbocycles. The zero-order chi connectivity index (χ0) is 38.2. The minimum Gasteiger partial charge on any atom is -0.236 e. The third-order valence-corrected chi connectivity index (χ3v) is 13.1. The number of fused-ring (bicyclic) bond motifs is 13. The van der Waals surface area contributed by atoms with Crippen LogP contribution in [-0.2, 0) is 5.41 Å². The summed E-state index contributed by atoms with van der Waals surface area (Å²) >= 11 is 1.90. The zero-order valence-electron chi connectivity index (χ0n) is 31.2. The van der Waals surface area contributed by atoms with Gasteiger partial charge in [-0.3, -0.25) is 0 Å². The van der Waals surface area contributed by atoms with E-state index in [4.69, 9.17) is 19.9 Å². The summed E-state index contributed by atoms with van der Waals surface area (Å²) in [5, 5.41) is 2.62. The molecular weight excluding hydrogens is 725 g/mol. The van der Waals surface area contributed by atoms with Gasteiger partial charge in [0.05, 0.1) is 22.4 Å². The number of thiophene rings is 1. The molecule has 0 radical (unpaired) electrons. The predicted molar refractivity (Wildman–Crippen MR) is 238 cm³/mol. The number of aromatic nitrogens is 4. The Morgan fingerprint density at radius 3 is 1.88 bits per heavy atom. The van der Waals surface area contributed by atoms with Gasteiger partial charge in [-0.05, 0) is 57.1 Å². The van der Waals surface area contributed by atoms with E-state index in [1.54, 1.807) is 0 Å². The first-order valence-electron chi connectivity index (χ1n) is 19.5. The van der Waals surface area contributed by atoms with Crippen molar-refractivity contribution in [1.82, 2.24) is 19.9 Å². The topological polar surface area (TPSA) is 51.6 Å². The smallest absolute Gasteiger partial charge is 0.163 e. The SMILES string of the molecule is C1=Cc2ccc(-c3cc(-c4ccccc4)nc(-c4cnc(-c5ccccc5)nc4)n3)cc2C2(c3ccccc31)c1ccccc1-c1c2ccc2c1sc1ccccc12. The molecule has 0 N–H and O–H groups in total. The Labute approximate surface area is 339 Å². The van der Waals surface area contributed by atoms with E-state index in [-0.39, 0.29) is 0 Å². The van der Waals surface area contributed by atoms with E-state index in [0.29, 0.717) is 11.6 Å². The van der Waals surface area contributed by atoms with Crippen molar-refractivity contribution in [2.75, 3.05) is 0 Å². The Kier molecular flexibility index (Phi) is 7.28. The van der Waals surface area contributed by atoms with Crippen LogP contribution in [0.4, 0.5) is 0 Å². The number of hydrogen-bond acceptors (Lipinski definition) is 5. The summed E-state index contributed by atoms with van der Waals surface area (Å²) in [5.74, 6) is 1.24. The zero-order valence-corrected chi connectivity index (χ0v) is 32.0. The molecule has 12 rings (SSSR count). The Balaban J connectivity index is 1.11. The average Bonchev–Trinajstić information content (AvgIpc) is 3.78. The highest BCUT2D eigenvalue weighted by atomic mass is 32.1. The molecule has 0 fully saturated rings. The molecule has 3 aromatic heterocycles. The minimum absolute atomic E-state index is 0.578. The molecule has 3 heterocycles. The second kappa shape index (κ2) is 12.8. The second-order valence-electron chi connectivity index (χ2n) is 15.0. The Bertz CT molecular complexity index is 3280. The van der Waals surface area contributed by atoms with E-state index >= 15 is 0 Å². The van der Waals surface area contributed by atoms with Crippen molar-refractivity contribution < 1.29 is 0 Å². The highest BCUT2D eigenvalue weighted by Gasteiger charge is 2.49. The Morgan fingerprint density at radius 2 is 1.07 bits per heavy atom. The van der Waals surface area contributed by atoms with Gasteiger partial charge in [-0.2, -0.15) is 0 Å². The first-order chi connectivity index (χ1) is 28.7. The standard InChI is InChI=1S/C53H32N4S/c1-3-14-35(15-4-1)46-30-47(57-52(56-46)38-31-54-51(55-32-38)36-16-5-2-6-17-36)37-26-25-34-24-23-33-13-7-10-20-42(33)53(45(34)29-37)43-21-11-8-19-41(43)49-44(53)28-27-40-39-18-9-12-22-48(39)58-50(40)49/h1-32H. The van der Waals surface area contributed by atoms with Crippen LogP contribution in [0.15, 0.2) is 182 Å². The van der Waals surface area contributed by atoms with Gasteiger partial charge in [0.25, 0.3) is 0 Å². The van der Waals surface area contributed by atoms with Gasteiger partial charge >= 0.3 is 0 Å². The first kappa shape index (κ1) is 32.9. The lowest BCUT2D eigenvalue weighted by Gasteiger charge is -2.35. The lowest BCUT2D eigenvalue weighted by Crippen LogP contribution is -2.30. The van der Waals surface area contributed by atoms with Crippen LogP contribution in [0, 0.1) is 0 Å². The van der Waals surface area contributed by atoms with E-state index in [9.17, 15) is 0 Å². The van der Waals surface area contributed by atoms with E-state index in [1.165, 1.54) is 64.7 Å². The fraction of sp³-hybridized carbons (Fsp3) is 0.0189. The van der Waals surface area contributed by atoms with Crippen LogP contribution in [0.2, 0.25) is 0 Å². The van der Waals surface area contributed by atoms with Gasteiger partial charge in [0, 0.05) is 54.8 Å². The van der Waals surface area contributed by atoms with E-state index < -0.39 is 5.41 Å². The average molecular weight is 757 g/mol. The summed E-state index contributed by atoms with van der Waals surface area (Å²) in [6, 6.07) is 60.9. The minimum atomic E-state index is -0.582. The molecule has 0 saturated heterocycles. The molecule has 1 unspecified atom stereocenters. The summed E-state index contributed by atoms with van der Waals surface area (Å²) in [6.07, 6.45) is 8.24. The van der Waals surface area contributed by atoms with Gasteiger partial charge in [0.1, 0.15) is 0 Å². The maximum absolute atomic E-state index is 5.28. The van der Waals surface area contributed by atoms with Crippen LogP contribution in [-0.4, -0.2) is 19.9 Å². The summed E-state index contributed by atoms with van der Waals surface area (Å²) < 4.78 is 2.65. The molecular formula is C53H32N4S. The Morgan fingerprint density at radius 1 is 0.414 bits per heavy atom. The van der Waals surface area contributed by atoms with Crippen molar-refractivity contribution in [3.8, 4) is 56.4 Å². The van der Waals surface area contributed by atoms with Gasteiger partial charge in [0.2, 0.25) is 0 Å². The summed E-state index contributed by atoms with van der Waals surface area (Å²) in [5.41, 5.74) is 15.0. The molecule has 1 atom stereocenters. The van der Waals surface area contributed by atoms with Gasteiger partial charge < -0.3 is 0 Å². The van der Waals surface area contributed by atoms with E-state index in [1.807, 2.05) is 72.3 Å². The van der Waals surface area contributed by atoms with Crippen LogP contribution in [0.3, 0.4) is 0 Å². The normalized spacial score (nSPS) is 14.9. The fourth-order valence-electron chi connectivity index (χ4n) is 9.28. The van der Waals surface area contributed by atoms with Gasteiger partial charge in [0.15, 0.2) is 11.6 Å². The molecule has 0 aliphatic heterocycles. The largest absolute Gasteiger partial charge is 0.236 e. The molecule has 2 aliphatic carbocycles. The molecule has 10 aromatic rings. The third kappa shape index (κ3) is 4.87. The van der Waals surface area contributed by atoms with Crippen molar-refractivity contribution >= 4 is 43.7 Å². The van der Waals surface area contributed by atoms with Crippen molar-refractivity contribution in [2.45, 2.75) is 5.41 Å². The summed E-state index contributed by atoms with van der Waals surface area (Å²) in [4.78, 5) is 19.9. The highest BCUT2D eigenvalue weighted by molar-refractivity contribution is 7.26. The van der Waals surface area contributed by atoms with Gasteiger partial charge in [-0.25, -0.2) is 19.9 Å². The number of hydrogen-bond donors (Lipinski definition) is 0. The summed E-state index contributed by atoms with van der Waals surface area (Å²) in [6.45, 7) is 0. The molecule has 4 nitrogen and oxygen atoms in total. The predicted octanol–water partition coefficient (Wildman–Crippen LogP) is 13.1. The fourth-order valence-corrected chi connectivity index (χ4v) is 10.5. The number of benzene rings is 7. The van der Waals surface area contributed by atoms with Crippen LogP contribution in [0.25, 0.3) is 88.7 Å². The number of rotatable bonds is 4. The highest BCUT2D eigenvalue weighted by Crippen LogP contribution is 2.61. The second-order valence-corrected chi connectivity index (χ2v) is 16.0. The maximum Gasteiger partial charge on any atom is 0.163 e. The molecule has 58 heavy (non-hydrogen) atoms. The van der Waals surface area contributed by atoms with Gasteiger partial charge in [-0.1, -0.05) is 164 Å².